The Bertz CT molecular complexity index is 966. The van der Waals surface area contributed by atoms with Crippen LogP contribution in [0.15, 0.2) is 36.4 Å². The molecule has 0 bridgehead atoms. The molecule has 0 atom stereocenters. The fraction of sp³-hybridized carbons (Fsp3) is 0.0588. The number of aryl methyl sites for hydroxylation is 1. The van der Waals surface area contributed by atoms with Gasteiger partial charge < -0.3 is 5.73 Å². The van der Waals surface area contributed by atoms with Crippen LogP contribution in [0.5, 0.6) is 0 Å². The van der Waals surface area contributed by atoms with Crippen molar-refractivity contribution in [3.05, 3.63) is 62.6 Å². The Balaban J connectivity index is 2.25. The third-order valence-electron chi connectivity index (χ3n) is 3.49. The van der Waals surface area contributed by atoms with E-state index in [1.54, 1.807) is 24.3 Å². The van der Waals surface area contributed by atoms with Crippen molar-refractivity contribution >= 4 is 40.6 Å². The van der Waals surface area contributed by atoms with Gasteiger partial charge in [0.05, 0.1) is 10.7 Å². The Kier molecular flexibility index (Phi) is 4.42. The highest BCUT2D eigenvalue weighted by molar-refractivity contribution is 6.36. The van der Waals surface area contributed by atoms with Crippen LogP contribution < -0.4 is 5.73 Å². The predicted molar refractivity (Wildman–Crippen MR) is 97.9 cm³/mol. The Labute approximate surface area is 154 Å². The molecule has 0 aliphatic rings. The van der Waals surface area contributed by atoms with Crippen molar-refractivity contribution in [1.29, 1.82) is 5.26 Å². The fourth-order valence-electron chi connectivity index (χ4n) is 2.45. The molecule has 0 aliphatic heterocycles. The van der Waals surface area contributed by atoms with Crippen LogP contribution in [0.4, 0.5) is 5.82 Å². The lowest BCUT2D eigenvalue weighted by Gasteiger charge is -2.06. The molecule has 7 heteroatoms. The topological polar surface area (TPSA) is 67.6 Å². The van der Waals surface area contributed by atoms with Crippen molar-refractivity contribution in [3.8, 4) is 23.0 Å². The number of nitrogen functional groups attached to an aromatic ring is 1. The average molecular weight is 378 g/mol. The molecule has 24 heavy (non-hydrogen) atoms. The number of hydrogen-bond donors (Lipinski definition) is 1. The van der Waals surface area contributed by atoms with Gasteiger partial charge in [0.1, 0.15) is 23.1 Å². The zero-order chi connectivity index (χ0) is 17.4. The number of anilines is 1. The summed E-state index contributed by atoms with van der Waals surface area (Å²) in [5, 5.41) is 15.4. The third kappa shape index (κ3) is 2.94. The molecule has 120 valence electrons. The van der Waals surface area contributed by atoms with Gasteiger partial charge in [-0.2, -0.15) is 10.4 Å². The van der Waals surface area contributed by atoms with E-state index in [1.165, 1.54) is 4.68 Å². The van der Waals surface area contributed by atoms with Crippen molar-refractivity contribution in [2.75, 3.05) is 5.73 Å². The smallest absolute Gasteiger partial charge is 0.145 e. The van der Waals surface area contributed by atoms with Crippen molar-refractivity contribution in [1.82, 2.24) is 9.78 Å². The minimum Gasteiger partial charge on any atom is -0.382 e. The fourth-order valence-corrected chi connectivity index (χ4v) is 3.23. The number of aromatic nitrogens is 2. The summed E-state index contributed by atoms with van der Waals surface area (Å²) in [6.07, 6.45) is 0. The van der Waals surface area contributed by atoms with Crippen molar-refractivity contribution in [3.63, 3.8) is 0 Å². The van der Waals surface area contributed by atoms with Gasteiger partial charge in [-0.3, -0.25) is 0 Å². The molecule has 0 aliphatic carbocycles. The highest BCUT2D eigenvalue weighted by Gasteiger charge is 2.20. The van der Waals surface area contributed by atoms with Crippen LogP contribution in [0.25, 0.3) is 16.9 Å². The first-order valence-corrected chi connectivity index (χ1v) is 8.05. The van der Waals surface area contributed by atoms with Crippen molar-refractivity contribution in [2.24, 2.45) is 0 Å². The standard InChI is InChI=1S/C17H11Cl3N4/c1-9-4-11(19)6-12(5-9)24-17(22)14(8-21)16(23-24)13-3-2-10(18)7-15(13)20/h2-7H,22H2,1H3. The van der Waals surface area contributed by atoms with E-state index in [2.05, 4.69) is 11.2 Å². The van der Waals surface area contributed by atoms with Crippen LogP contribution >= 0.6 is 34.8 Å². The normalized spacial score (nSPS) is 10.6. The molecule has 0 saturated carbocycles. The van der Waals surface area contributed by atoms with Crippen LogP contribution in [0.1, 0.15) is 11.1 Å². The molecule has 0 fully saturated rings. The van der Waals surface area contributed by atoms with E-state index >= 15 is 0 Å². The lowest BCUT2D eigenvalue weighted by molar-refractivity contribution is 0.894. The Hall–Kier alpha value is -2.19. The molecule has 0 unspecified atom stereocenters. The molecule has 3 rings (SSSR count). The van der Waals surface area contributed by atoms with Gasteiger partial charge in [0.25, 0.3) is 0 Å². The summed E-state index contributed by atoms with van der Waals surface area (Å²) < 4.78 is 1.48. The molecule has 1 heterocycles. The maximum Gasteiger partial charge on any atom is 0.145 e. The van der Waals surface area contributed by atoms with Gasteiger partial charge in [0.2, 0.25) is 0 Å². The van der Waals surface area contributed by atoms with Gasteiger partial charge in [-0.1, -0.05) is 34.8 Å². The zero-order valence-electron chi connectivity index (χ0n) is 12.5. The summed E-state index contributed by atoms with van der Waals surface area (Å²) in [6, 6.07) is 12.5. The number of halogens is 3. The van der Waals surface area contributed by atoms with Crippen LogP contribution in [0.3, 0.4) is 0 Å². The number of nitrogens with zero attached hydrogens (tertiary/aromatic N) is 3. The molecule has 0 radical (unpaired) electrons. The second-order valence-corrected chi connectivity index (χ2v) is 6.52. The summed E-state index contributed by atoms with van der Waals surface area (Å²) in [5.74, 6) is 0.222. The molecule has 4 nitrogen and oxygen atoms in total. The summed E-state index contributed by atoms with van der Waals surface area (Å²) >= 11 is 18.3. The van der Waals surface area contributed by atoms with E-state index in [1.807, 2.05) is 19.1 Å². The van der Waals surface area contributed by atoms with Gasteiger partial charge in [-0.15, -0.1) is 0 Å². The van der Waals surface area contributed by atoms with Crippen molar-refractivity contribution < 1.29 is 0 Å². The Morgan fingerprint density at radius 2 is 1.83 bits per heavy atom. The third-order valence-corrected chi connectivity index (χ3v) is 4.26. The molecule has 0 amide bonds. The van der Waals surface area contributed by atoms with E-state index in [4.69, 9.17) is 40.5 Å². The second-order valence-electron chi connectivity index (χ2n) is 5.24. The Morgan fingerprint density at radius 3 is 2.46 bits per heavy atom. The molecule has 1 aromatic heterocycles. The zero-order valence-corrected chi connectivity index (χ0v) is 14.8. The lowest BCUT2D eigenvalue weighted by atomic mass is 10.1. The summed E-state index contributed by atoms with van der Waals surface area (Å²) in [4.78, 5) is 0. The van der Waals surface area contributed by atoms with Gasteiger partial charge in [0.15, 0.2) is 0 Å². The van der Waals surface area contributed by atoms with Crippen LogP contribution in [-0.2, 0) is 0 Å². The van der Waals surface area contributed by atoms with E-state index in [0.717, 1.165) is 5.56 Å². The maximum absolute atomic E-state index is 9.50. The highest BCUT2D eigenvalue weighted by Crippen LogP contribution is 2.35. The molecule has 2 N–H and O–H groups in total. The van der Waals surface area contributed by atoms with Gasteiger partial charge >= 0.3 is 0 Å². The first-order valence-electron chi connectivity index (χ1n) is 6.92. The van der Waals surface area contributed by atoms with E-state index in [0.29, 0.717) is 32.0 Å². The van der Waals surface area contributed by atoms with Crippen molar-refractivity contribution in [2.45, 2.75) is 6.92 Å². The summed E-state index contributed by atoms with van der Waals surface area (Å²) in [5.41, 5.74) is 8.99. The van der Waals surface area contributed by atoms with Gasteiger partial charge in [0, 0.05) is 15.6 Å². The quantitative estimate of drug-likeness (QED) is 0.662. The maximum atomic E-state index is 9.50. The number of hydrogen-bond acceptors (Lipinski definition) is 3. The molecule has 2 aromatic carbocycles. The summed E-state index contributed by atoms with van der Waals surface area (Å²) in [6.45, 7) is 1.91. The molecular formula is C17H11Cl3N4. The highest BCUT2D eigenvalue weighted by atomic mass is 35.5. The van der Waals surface area contributed by atoms with Crippen LogP contribution in [0, 0.1) is 18.3 Å². The van der Waals surface area contributed by atoms with Gasteiger partial charge in [-0.25, -0.2) is 4.68 Å². The van der Waals surface area contributed by atoms with Crippen LogP contribution in [0.2, 0.25) is 15.1 Å². The minimum absolute atomic E-state index is 0.222. The molecule has 0 spiro atoms. The largest absolute Gasteiger partial charge is 0.382 e. The van der Waals surface area contributed by atoms with Gasteiger partial charge in [-0.05, 0) is 48.9 Å². The Morgan fingerprint density at radius 1 is 1.08 bits per heavy atom. The lowest BCUT2D eigenvalue weighted by Crippen LogP contribution is -2.02. The number of nitriles is 1. The first kappa shape index (κ1) is 16.7. The molecule has 3 aromatic rings. The molecule has 0 saturated heterocycles. The second kappa shape index (κ2) is 6.37. The monoisotopic (exact) mass is 376 g/mol. The van der Waals surface area contributed by atoms with E-state index < -0.39 is 0 Å². The number of benzene rings is 2. The van der Waals surface area contributed by atoms with Crippen LogP contribution in [-0.4, -0.2) is 9.78 Å². The average Bonchev–Trinajstić information content (AvgIpc) is 2.83. The SMILES string of the molecule is Cc1cc(Cl)cc(-n2nc(-c3ccc(Cl)cc3Cl)c(C#N)c2N)c1. The predicted octanol–water partition coefficient (Wildman–Crippen LogP) is 5.26. The number of nitrogens with two attached hydrogens (primary N) is 1. The van der Waals surface area contributed by atoms with E-state index in [9.17, 15) is 5.26 Å². The minimum atomic E-state index is 0.222. The first-order chi connectivity index (χ1) is 11.4. The van der Waals surface area contributed by atoms with E-state index in [-0.39, 0.29) is 11.4 Å². The molecular weight excluding hydrogens is 367 g/mol. The summed E-state index contributed by atoms with van der Waals surface area (Å²) in [7, 11) is 0. The number of rotatable bonds is 2.